The molecular formula is C34H32N6O6S. The summed E-state index contributed by atoms with van der Waals surface area (Å²) >= 11 is 1.22. The lowest BCUT2D eigenvalue weighted by atomic mass is 9.98. The number of furan rings is 1. The Morgan fingerprint density at radius 3 is 2.30 bits per heavy atom. The predicted octanol–water partition coefficient (Wildman–Crippen LogP) is 5.29. The van der Waals surface area contributed by atoms with Gasteiger partial charge in [-0.25, -0.2) is 5.01 Å². The first-order valence-corrected chi connectivity index (χ1v) is 15.7. The molecule has 240 valence electrons. The first kappa shape index (κ1) is 31.4. The minimum atomic E-state index is -0.391. The molecule has 1 aliphatic heterocycles. The third kappa shape index (κ3) is 6.84. The minimum absolute atomic E-state index is 0.0259. The summed E-state index contributed by atoms with van der Waals surface area (Å²) < 4.78 is 23.3. The van der Waals surface area contributed by atoms with Gasteiger partial charge in [0, 0.05) is 6.42 Å². The number of nitrogens with zero attached hydrogens (tertiary/aromatic N) is 5. The van der Waals surface area contributed by atoms with Crippen LogP contribution in [-0.2, 0) is 11.3 Å². The average molecular weight is 653 g/mol. The number of ether oxygens (including phenoxy) is 3. The van der Waals surface area contributed by atoms with E-state index < -0.39 is 5.91 Å². The van der Waals surface area contributed by atoms with E-state index >= 15 is 0 Å². The van der Waals surface area contributed by atoms with E-state index in [1.165, 1.54) is 18.0 Å². The number of para-hydroxylation sites is 2. The monoisotopic (exact) mass is 652 g/mol. The molecule has 1 N–H and O–H groups in total. The van der Waals surface area contributed by atoms with Gasteiger partial charge >= 0.3 is 0 Å². The highest BCUT2D eigenvalue weighted by molar-refractivity contribution is 7.99. The highest BCUT2D eigenvalue weighted by Crippen LogP contribution is 2.35. The van der Waals surface area contributed by atoms with E-state index in [1.807, 2.05) is 72.8 Å². The molecule has 2 amide bonds. The van der Waals surface area contributed by atoms with Gasteiger partial charge < -0.3 is 23.9 Å². The van der Waals surface area contributed by atoms with Crippen LogP contribution in [0.25, 0.3) is 5.69 Å². The van der Waals surface area contributed by atoms with Gasteiger partial charge in [0.2, 0.25) is 0 Å². The third-order valence-electron chi connectivity index (χ3n) is 7.59. The van der Waals surface area contributed by atoms with Crippen molar-refractivity contribution >= 4 is 29.3 Å². The molecule has 13 heteroatoms. The van der Waals surface area contributed by atoms with Gasteiger partial charge in [-0.05, 0) is 71.8 Å². The third-order valence-corrected chi connectivity index (χ3v) is 8.51. The Morgan fingerprint density at radius 2 is 1.62 bits per heavy atom. The fourth-order valence-corrected chi connectivity index (χ4v) is 6.01. The molecule has 1 atom stereocenters. The Hall–Kier alpha value is -5.56. The number of nitrogens with one attached hydrogen (secondary N) is 1. The van der Waals surface area contributed by atoms with Gasteiger partial charge in [-0.2, -0.15) is 5.10 Å². The lowest BCUT2D eigenvalue weighted by molar-refractivity contribution is -0.130. The van der Waals surface area contributed by atoms with Crippen molar-refractivity contribution < 1.29 is 28.2 Å². The molecule has 2 aromatic heterocycles. The molecule has 0 unspecified atom stereocenters. The first-order valence-electron chi connectivity index (χ1n) is 14.7. The highest BCUT2D eigenvalue weighted by Gasteiger charge is 2.33. The van der Waals surface area contributed by atoms with E-state index in [0.717, 1.165) is 28.3 Å². The number of amides is 2. The number of hydrogen-bond donors (Lipinski definition) is 1. The van der Waals surface area contributed by atoms with Gasteiger partial charge in [0.25, 0.3) is 11.8 Å². The second-order valence-corrected chi connectivity index (χ2v) is 11.3. The molecule has 12 nitrogen and oxygen atoms in total. The zero-order valence-corrected chi connectivity index (χ0v) is 26.8. The summed E-state index contributed by atoms with van der Waals surface area (Å²) in [6, 6.07) is 25.6. The maximum absolute atomic E-state index is 13.9. The first-order chi connectivity index (χ1) is 23.0. The standard InChI is InChI=1S/C34H32N6O6S/c1-43-24-14-10-22(11-15-24)26-19-28(23-12-16-25(44-2)17-13-23)40(38-26)32(41)21-47-34-37-36-31(20-35-33(42)30-9-6-18-46-30)39(34)27-7-4-5-8-29(27)45-3/h4-18,28H,19-21H2,1-3H3,(H,35,42)/t28-/m1/s1. The number of rotatable bonds is 12. The summed E-state index contributed by atoms with van der Waals surface area (Å²) in [5.74, 6) is 2.09. The molecule has 0 bridgehead atoms. The van der Waals surface area contributed by atoms with Gasteiger partial charge in [-0.1, -0.05) is 36.0 Å². The molecule has 0 saturated heterocycles. The lowest BCUT2D eigenvalue weighted by Crippen LogP contribution is -2.28. The van der Waals surface area contributed by atoms with Gasteiger partial charge in [0.05, 0.1) is 57.3 Å². The Kier molecular flexibility index (Phi) is 9.53. The van der Waals surface area contributed by atoms with E-state index in [-0.39, 0.29) is 30.0 Å². The Labute approximate surface area is 275 Å². The second-order valence-electron chi connectivity index (χ2n) is 10.4. The summed E-state index contributed by atoms with van der Waals surface area (Å²) in [5.41, 5.74) is 3.29. The van der Waals surface area contributed by atoms with Crippen LogP contribution in [0.5, 0.6) is 17.2 Å². The normalized spacial score (nSPS) is 14.1. The molecule has 0 fully saturated rings. The zero-order chi connectivity index (χ0) is 32.8. The topological polar surface area (TPSA) is 133 Å². The quantitative estimate of drug-likeness (QED) is 0.179. The summed E-state index contributed by atoms with van der Waals surface area (Å²) in [6.45, 7) is 0.0558. The maximum Gasteiger partial charge on any atom is 0.287 e. The van der Waals surface area contributed by atoms with Crippen LogP contribution in [-0.4, -0.2) is 64.4 Å². The van der Waals surface area contributed by atoms with Gasteiger partial charge in [-0.3, -0.25) is 14.2 Å². The van der Waals surface area contributed by atoms with Crippen LogP contribution < -0.4 is 19.5 Å². The Bertz CT molecular complexity index is 1870. The summed E-state index contributed by atoms with van der Waals surface area (Å²) in [5, 5.41) is 18.4. The van der Waals surface area contributed by atoms with Crippen molar-refractivity contribution in [3.8, 4) is 22.9 Å². The largest absolute Gasteiger partial charge is 0.497 e. The van der Waals surface area contributed by atoms with Crippen LogP contribution >= 0.6 is 11.8 Å². The van der Waals surface area contributed by atoms with Crippen LogP contribution in [0.2, 0.25) is 0 Å². The fourth-order valence-electron chi connectivity index (χ4n) is 5.20. The number of thioether (sulfide) groups is 1. The number of hydrazone groups is 1. The van der Waals surface area contributed by atoms with Crippen molar-refractivity contribution in [1.29, 1.82) is 0 Å². The zero-order valence-electron chi connectivity index (χ0n) is 26.0. The molecule has 1 aliphatic rings. The molecular weight excluding hydrogens is 620 g/mol. The molecule has 5 aromatic rings. The minimum Gasteiger partial charge on any atom is -0.497 e. The van der Waals surface area contributed by atoms with E-state index in [0.29, 0.717) is 28.8 Å². The number of aromatic nitrogens is 3. The second kappa shape index (κ2) is 14.3. The van der Waals surface area contributed by atoms with E-state index in [9.17, 15) is 9.59 Å². The number of carbonyl (C=O) groups is 2. The molecule has 0 radical (unpaired) electrons. The maximum atomic E-state index is 13.9. The van der Waals surface area contributed by atoms with Crippen molar-refractivity contribution in [3.63, 3.8) is 0 Å². The number of methoxy groups -OCH3 is 3. The average Bonchev–Trinajstić information content (AvgIpc) is 3.90. The SMILES string of the molecule is COc1ccc(C2=NN(C(=O)CSc3nnc(CNC(=O)c4ccco4)n3-c3ccccc3OC)[C@@H](c3ccc(OC)cc3)C2)cc1. The van der Waals surface area contributed by atoms with Gasteiger partial charge in [0.1, 0.15) is 17.2 Å². The number of carbonyl (C=O) groups excluding carboxylic acids is 2. The van der Waals surface area contributed by atoms with Gasteiger partial charge in [0.15, 0.2) is 16.7 Å². The van der Waals surface area contributed by atoms with Crippen molar-refractivity contribution in [1.82, 2.24) is 25.1 Å². The molecule has 0 spiro atoms. The van der Waals surface area contributed by atoms with Crippen molar-refractivity contribution in [2.45, 2.75) is 24.2 Å². The van der Waals surface area contributed by atoms with Crippen molar-refractivity contribution in [2.24, 2.45) is 5.10 Å². The fraction of sp³-hybridized carbons (Fsp3) is 0.206. The molecule has 3 heterocycles. The smallest absolute Gasteiger partial charge is 0.287 e. The van der Waals surface area contributed by atoms with Crippen molar-refractivity contribution in [2.75, 3.05) is 27.1 Å². The molecule has 0 saturated carbocycles. The predicted molar refractivity (Wildman–Crippen MR) is 175 cm³/mol. The molecule has 3 aromatic carbocycles. The summed E-state index contributed by atoms with van der Waals surface area (Å²) in [4.78, 5) is 26.5. The van der Waals surface area contributed by atoms with Crippen LogP contribution in [0.1, 0.15) is 40.0 Å². The lowest BCUT2D eigenvalue weighted by Gasteiger charge is -2.22. The van der Waals surface area contributed by atoms with Gasteiger partial charge in [-0.15, -0.1) is 10.2 Å². The summed E-state index contributed by atoms with van der Waals surface area (Å²) in [7, 11) is 4.81. The molecule has 0 aliphatic carbocycles. The van der Waals surface area contributed by atoms with Crippen LogP contribution in [0.3, 0.4) is 0 Å². The Balaban J connectivity index is 1.27. The van der Waals surface area contributed by atoms with E-state index in [1.54, 1.807) is 43.0 Å². The van der Waals surface area contributed by atoms with Crippen LogP contribution in [0, 0.1) is 0 Å². The van der Waals surface area contributed by atoms with Crippen LogP contribution in [0.4, 0.5) is 0 Å². The van der Waals surface area contributed by atoms with Crippen LogP contribution in [0.15, 0.2) is 106 Å². The Morgan fingerprint density at radius 1 is 0.894 bits per heavy atom. The van der Waals surface area contributed by atoms with E-state index in [4.69, 9.17) is 23.7 Å². The molecule has 6 rings (SSSR count). The number of hydrogen-bond acceptors (Lipinski definition) is 10. The van der Waals surface area contributed by atoms with Crippen molar-refractivity contribution in [3.05, 3.63) is 114 Å². The molecule has 47 heavy (non-hydrogen) atoms. The number of benzene rings is 3. The highest BCUT2D eigenvalue weighted by atomic mass is 32.2. The van der Waals surface area contributed by atoms with E-state index in [2.05, 4.69) is 15.5 Å². The summed E-state index contributed by atoms with van der Waals surface area (Å²) in [6.07, 6.45) is 1.97.